The van der Waals surface area contributed by atoms with E-state index in [4.69, 9.17) is 4.42 Å². The monoisotopic (exact) mass is 335 g/mol. The largest absolute Gasteiger partial charge is 0.508 e. The van der Waals surface area contributed by atoms with Crippen molar-refractivity contribution < 1.29 is 14.3 Å². The molecule has 1 amide bonds. The molecule has 25 heavy (non-hydrogen) atoms. The first-order chi connectivity index (χ1) is 12.1. The Balaban J connectivity index is 1.82. The second kappa shape index (κ2) is 7.26. The summed E-state index contributed by atoms with van der Waals surface area (Å²) in [7, 11) is 0. The quantitative estimate of drug-likeness (QED) is 0.735. The van der Waals surface area contributed by atoms with E-state index in [9.17, 15) is 9.90 Å². The molecule has 4 heteroatoms. The van der Waals surface area contributed by atoms with Crippen LogP contribution in [0.3, 0.4) is 0 Å². The highest BCUT2D eigenvalue weighted by Gasteiger charge is 2.20. The Kier molecular flexibility index (Phi) is 4.89. The van der Waals surface area contributed by atoms with Gasteiger partial charge in [-0.05, 0) is 44.2 Å². The normalized spacial score (nSPS) is 10.8. The van der Waals surface area contributed by atoms with Crippen molar-refractivity contribution in [3.8, 4) is 17.1 Å². The Morgan fingerprint density at radius 1 is 1.04 bits per heavy atom. The highest BCUT2D eigenvalue weighted by molar-refractivity contribution is 5.94. The number of phenols is 1. The maximum absolute atomic E-state index is 12.9. The molecule has 0 saturated carbocycles. The lowest BCUT2D eigenvalue weighted by Gasteiger charge is -2.27. The van der Waals surface area contributed by atoms with E-state index in [2.05, 4.69) is 0 Å². The number of para-hydroxylation sites is 1. The Labute approximate surface area is 147 Å². The van der Waals surface area contributed by atoms with E-state index in [1.807, 2.05) is 50.2 Å². The lowest BCUT2D eigenvalue weighted by atomic mass is 10.1. The number of benzene rings is 2. The van der Waals surface area contributed by atoms with E-state index >= 15 is 0 Å². The molecule has 128 valence electrons. The first-order valence-corrected chi connectivity index (χ1v) is 8.28. The Hall–Kier alpha value is -3.01. The summed E-state index contributed by atoms with van der Waals surface area (Å²) in [6.45, 7) is 4.30. The minimum absolute atomic E-state index is 0.0110. The number of carbonyl (C=O) groups is 1. The van der Waals surface area contributed by atoms with E-state index in [1.165, 1.54) is 0 Å². The molecule has 3 rings (SSSR count). The zero-order valence-electron chi connectivity index (χ0n) is 14.3. The van der Waals surface area contributed by atoms with Crippen molar-refractivity contribution in [3.05, 3.63) is 78.1 Å². The number of aromatic hydroxyl groups is 1. The van der Waals surface area contributed by atoms with Crippen LogP contribution in [0.15, 0.2) is 71.3 Å². The number of nitrogens with zero attached hydrogens (tertiary/aromatic N) is 1. The zero-order valence-corrected chi connectivity index (χ0v) is 14.3. The van der Waals surface area contributed by atoms with Crippen molar-refractivity contribution in [2.24, 2.45) is 0 Å². The molecule has 0 radical (unpaired) electrons. The van der Waals surface area contributed by atoms with Crippen molar-refractivity contribution in [1.82, 2.24) is 4.90 Å². The van der Waals surface area contributed by atoms with E-state index < -0.39 is 0 Å². The predicted octanol–water partition coefficient (Wildman–Crippen LogP) is 4.70. The van der Waals surface area contributed by atoms with E-state index in [0.717, 1.165) is 16.9 Å². The van der Waals surface area contributed by atoms with Crippen LogP contribution in [0.4, 0.5) is 0 Å². The third-order valence-corrected chi connectivity index (χ3v) is 4.15. The number of furan rings is 1. The fraction of sp³-hybridized carbons (Fsp3) is 0.190. The predicted molar refractivity (Wildman–Crippen MR) is 97.3 cm³/mol. The van der Waals surface area contributed by atoms with Gasteiger partial charge in [0.25, 0.3) is 5.91 Å². The lowest BCUT2D eigenvalue weighted by Crippen LogP contribution is -2.36. The smallest absolute Gasteiger partial charge is 0.254 e. The SMILES string of the molecule is CC(C)N(Cc1ccccc1O)C(=O)c1ccc(-c2ccco2)cc1. The van der Waals surface area contributed by atoms with Crippen molar-refractivity contribution >= 4 is 5.91 Å². The number of rotatable bonds is 5. The van der Waals surface area contributed by atoms with Crippen molar-refractivity contribution in [3.63, 3.8) is 0 Å². The molecule has 0 atom stereocenters. The first kappa shape index (κ1) is 16.8. The van der Waals surface area contributed by atoms with Crippen molar-refractivity contribution in [2.45, 2.75) is 26.4 Å². The second-order valence-corrected chi connectivity index (χ2v) is 6.21. The van der Waals surface area contributed by atoms with Gasteiger partial charge in [-0.2, -0.15) is 0 Å². The lowest BCUT2D eigenvalue weighted by molar-refractivity contribution is 0.0689. The van der Waals surface area contributed by atoms with Crippen LogP contribution in [0.5, 0.6) is 5.75 Å². The van der Waals surface area contributed by atoms with Gasteiger partial charge in [0.15, 0.2) is 0 Å². The fourth-order valence-corrected chi connectivity index (χ4v) is 2.70. The van der Waals surface area contributed by atoms with Crippen molar-refractivity contribution in [1.29, 1.82) is 0 Å². The Morgan fingerprint density at radius 2 is 1.76 bits per heavy atom. The van der Waals surface area contributed by atoms with Gasteiger partial charge < -0.3 is 14.4 Å². The molecule has 2 aromatic carbocycles. The summed E-state index contributed by atoms with van der Waals surface area (Å²) < 4.78 is 5.37. The molecule has 1 heterocycles. The molecule has 0 unspecified atom stereocenters. The van der Waals surface area contributed by atoms with E-state index in [0.29, 0.717) is 12.1 Å². The average molecular weight is 335 g/mol. The molecule has 0 aliphatic heterocycles. The molecular weight excluding hydrogens is 314 g/mol. The van der Waals surface area contributed by atoms with E-state index in [-0.39, 0.29) is 17.7 Å². The minimum Gasteiger partial charge on any atom is -0.508 e. The highest BCUT2D eigenvalue weighted by Crippen LogP contribution is 2.23. The van der Waals surface area contributed by atoms with Crippen LogP contribution in [-0.2, 0) is 6.54 Å². The third-order valence-electron chi connectivity index (χ3n) is 4.15. The van der Waals surface area contributed by atoms with Gasteiger partial charge in [-0.3, -0.25) is 4.79 Å². The molecule has 3 aromatic rings. The van der Waals surface area contributed by atoms with Crippen LogP contribution in [0.25, 0.3) is 11.3 Å². The summed E-state index contributed by atoms with van der Waals surface area (Å²) in [4.78, 5) is 14.7. The third kappa shape index (κ3) is 3.74. The zero-order chi connectivity index (χ0) is 17.8. The molecule has 0 aliphatic rings. The molecule has 1 aromatic heterocycles. The van der Waals surface area contributed by atoms with Gasteiger partial charge in [-0.1, -0.05) is 30.3 Å². The van der Waals surface area contributed by atoms with Gasteiger partial charge >= 0.3 is 0 Å². The highest BCUT2D eigenvalue weighted by atomic mass is 16.3. The van der Waals surface area contributed by atoms with Gasteiger partial charge in [0, 0.05) is 29.3 Å². The van der Waals surface area contributed by atoms with Gasteiger partial charge in [0.05, 0.1) is 6.26 Å². The Morgan fingerprint density at radius 3 is 2.36 bits per heavy atom. The summed E-state index contributed by atoms with van der Waals surface area (Å²) in [6.07, 6.45) is 1.63. The summed E-state index contributed by atoms with van der Waals surface area (Å²) in [6, 6.07) is 18.2. The summed E-state index contributed by atoms with van der Waals surface area (Å²) in [5.41, 5.74) is 2.27. The molecule has 4 nitrogen and oxygen atoms in total. The number of hydrogen-bond acceptors (Lipinski definition) is 3. The molecular formula is C21H21NO3. The molecule has 0 bridgehead atoms. The maximum atomic E-state index is 12.9. The summed E-state index contributed by atoms with van der Waals surface area (Å²) in [5, 5.41) is 9.99. The topological polar surface area (TPSA) is 53.7 Å². The van der Waals surface area contributed by atoms with Gasteiger partial charge in [-0.15, -0.1) is 0 Å². The van der Waals surface area contributed by atoms with Gasteiger partial charge in [0.1, 0.15) is 11.5 Å². The van der Waals surface area contributed by atoms with Crippen LogP contribution in [0.2, 0.25) is 0 Å². The second-order valence-electron chi connectivity index (χ2n) is 6.21. The van der Waals surface area contributed by atoms with Crippen LogP contribution in [0, 0.1) is 0 Å². The first-order valence-electron chi connectivity index (χ1n) is 8.28. The van der Waals surface area contributed by atoms with Crippen LogP contribution < -0.4 is 0 Å². The summed E-state index contributed by atoms with van der Waals surface area (Å²) >= 11 is 0. The molecule has 0 spiro atoms. The minimum atomic E-state index is -0.0655. The van der Waals surface area contributed by atoms with Crippen molar-refractivity contribution in [2.75, 3.05) is 0 Å². The van der Waals surface area contributed by atoms with Gasteiger partial charge in [0.2, 0.25) is 0 Å². The average Bonchev–Trinajstić information content (AvgIpc) is 3.15. The molecule has 1 N–H and O–H groups in total. The van der Waals surface area contributed by atoms with Crippen LogP contribution in [-0.4, -0.2) is 22.0 Å². The molecule has 0 fully saturated rings. The van der Waals surface area contributed by atoms with Crippen LogP contribution in [0.1, 0.15) is 29.8 Å². The number of carbonyl (C=O) groups excluding carboxylic acids is 1. The number of amides is 1. The fourth-order valence-electron chi connectivity index (χ4n) is 2.70. The van der Waals surface area contributed by atoms with Gasteiger partial charge in [-0.25, -0.2) is 0 Å². The van der Waals surface area contributed by atoms with Crippen LogP contribution >= 0.6 is 0 Å². The standard InChI is InChI=1S/C21H21NO3/c1-15(2)22(14-18-6-3-4-7-19(18)23)21(24)17-11-9-16(10-12-17)20-8-5-13-25-20/h3-13,15,23H,14H2,1-2H3. The number of hydrogen-bond donors (Lipinski definition) is 1. The molecule has 0 saturated heterocycles. The molecule has 0 aliphatic carbocycles. The number of phenolic OH excluding ortho intramolecular Hbond substituents is 1. The Bertz CT molecular complexity index is 836. The summed E-state index contributed by atoms with van der Waals surface area (Å²) in [5.74, 6) is 0.910. The maximum Gasteiger partial charge on any atom is 0.254 e. The van der Waals surface area contributed by atoms with E-state index in [1.54, 1.807) is 35.4 Å².